The lowest BCUT2D eigenvalue weighted by Crippen LogP contribution is -2.26. The van der Waals surface area contributed by atoms with E-state index in [0.717, 1.165) is 12.0 Å². The Kier molecular flexibility index (Phi) is 6.72. The van der Waals surface area contributed by atoms with Crippen molar-refractivity contribution in [2.75, 3.05) is 13.2 Å². The van der Waals surface area contributed by atoms with Crippen LogP contribution in [0.25, 0.3) is 0 Å². The highest BCUT2D eigenvalue weighted by molar-refractivity contribution is 5.96. The summed E-state index contributed by atoms with van der Waals surface area (Å²) in [5, 5.41) is 2.67. The van der Waals surface area contributed by atoms with E-state index in [2.05, 4.69) is 5.32 Å². The topological polar surface area (TPSA) is 55.4 Å². The van der Waals surface area contributed by atoms with E-state index in [-0.39, 0.29) is 18.1 Å². The highest BCUT2D eigenvalue weighted by Gasteiger charge is 2.03. The zero-order valence-corrected chi connectivity index (χ0v) is 10.6. The number of carbonyl (C=O) groups excluding carboxylic acids is 2. The van der Waals surface area contributed by atoms with Gasteiger partial charge in [-0.25, -0.2) is 0 Å². The van der Waals surface area contributed by atoms with E-state index in [9.17, 15) is 9.59 Å². The second-order valence-corrected chi connectivity index (χ2v) is 4.12. The molecule has 1 amide bonds. The van der Waals surface area contributed by atoms with Crippen LogP contribution in [0.3, 0.4) is 0 Å². The first kappa shape index (κ1) is 14.4. The van der Waals surface area contributed by atoms with Crippen molar-refractivity contribution in [2.45, 2.75) is 26.4 Å². The largest absolute Gasteiger partial charge is 0.377 e. The molecule has 0 radical (unpaired) electrons. The number of amides is 1. The summed E-state index contributed by atoms with van der Waals surface area (Å²) in [6.07, 6.45) is 0.710. The molecular weight excluding hydrogens is 230 g/mol. The van der Waals surface area contributed by atoms with Crippen LogP contribution in [-0.2, 0) is 20.9 Å². The molecule has 0 aliphatic carbocycles. The van der Waals surface area contributed by atoms with Crippen molar-refractivity contribution in [3.8, 4) is 0 Å². The van der Waals surface area contributed by atoms with E-state index in [1.165, 1.54) is 6.92 Å². The Morgan fingerprint density at radius 1 is 1.22 bits per heavy atom. The summed E-state index contributed by atoms with van der Waals surface area (Å²) < 4.78 is 5.46. The Bertz CT molecular complexity index is 376. The fourth-order valence-electron chi connectivity index (χ4n) is 1.45. The molecule has 0 atom stereocenters. The number of ether oxygens (including phenoxy) is 1. The van der Waals surface area contributed by atoms with Crippen molar-refractivity contribution in [1.29, 1.82) is 0 Å². The van der Waals surface area contributed by atoms with Crippen molar-refractivity contribution in [1.82, 2.24) is 5.32 Å². The standard InChI is InChI=1S/C14H19NO3/c1-12(16)10-14(17)15-8-5-9-18-11-13-6-3-2-4-7-13/h2-4,6-7H,5,8-11H2,1H3,(H,15,17). The zero-order valence-electron chi connectivity index (χ0n) is 10.6. The third-order valence-corrected chi connectivity index (χ3v) is 2.31. The molecule has 1 N–H and O–H groups in total. The van der Waals surface area contributed by atoms with Gasteiger partial charge in [0, 0.05) is 13.2 Å². The van der Waals surface area contributed by atoms with Gasteiger partial charge in [-0.2, -0.15) is 0 Å². The average Bonchev–Trinajstić information content (AvgIpc) is 2.34. The predicted octanol–water partition coefficient (Wildman–Crippen LogP) is 1.69. The summed E-state index contributed by atoms with van der Waals surface area (Å²) in [6, 6.07) is 9.93. The lowest BCUT2D eigenvalue weighted by Gasteiger charge is -2.05. The Labute approximate surface area is 107 Å². The summed E-state index contributed by atoms with van der Waals surface area (Å²) in [7, 11) is 0. The third-order valence-electron chi connectivity index (χ3n) is 2.31. The molecule has 0 saturated heterocycles. The molecule has 0 aromatic heterocycles. The van der Waals surface area contributed by atoms with Gasteiger partial charge < -0.3 is 10.1 Å². The SMILES string of the molecule is CC(=O)CC(=O)NCCCOCc1ccccc1. The van der Waals surface area contributed by atoms with Gasteiger partial charge >= 0.3 is 0 Å². The molecule has 0 aliphatic heterocycles. The Morgan fingerprint density at radius 2 is 1.94 bits per heavy atom. The van der Waals surface area contributed by atoms with Crippen LogP contribution in [0, 0.1) is 0 Å². The van der Waals surface area contributed by atoms with E-state index >= 15 is 0 Å². The molecule has 98 valence electrons. The summed E-state index contributed by atoms with van der Waals surface area (Å²) in [5.74, 6) is -0.335. The van der Waals surface area contributed by atoms with E-state index in [4.69, 9.17) is 4.74 Å². The number of ketones is 1. The fraction of sp³-hybridized carbons (Fsp3) is 0.429. The Hall–Kier alpha value is -1.68. The number of carbonyl (C=O) groups is 2. The summed E-state index contributed by atoms with van der Waals surface area (Å²) in [5.41, 5.74) is 1.14. The molecule has 0 unspecified atom stereocenters. The lowest BCUT2D eigenvalue weighted by molar-refractivity contribution is -0.127. The Balaban J connectivity index is 1.99. The number of Topliss-reactive ketones (excluding diaryl/α,β-unsaturated/α-hetero) is 1. The molecule has 4 nitrogen and oxygen atoms in total. The molecule has 0 aliphatic rings. The highest BCUT2D eigenvalue weighted by Crippen LogP contribution is 2.00. The molecule has 18 heavy (non-hydrogen) atoms. The minimum absolute atomic E-state index is 0.0368. The maximum absolute atomic E-state index is 11.1. The van der Waals surface area contributed by atoms with E-state index in [1.54, 1.807) is 0 Å². The van der Waals surface area contributed by atoms with Crippen molar-refractivity contribution < 1.29 is 14.3 Å². The van der Waals surface area contributed by atoms with Gasteiger partial charge in [0.15, 0.2) is 0 Å². The monoisotopic (exact) mass is 249 g/mol. The van der Waals surface area contributed by atoms with Gasteiger partial charge in [0.1, 0.15) is 5.78 Å². The first-order chi connectivity index (χ1) is 8.68. The fourth-order valence-corrected chi connectivity index (χ4v) is 1.45. The van der Waals surface area contributed by atoms with Crippen molar-refractivity contribution in [3.63, 3.8) is 0 Å². The van der Waals surface area contributed by atoms with E-state index in [1.807, 2.05) is 30.3 Å². The molecule has 4 heteroatoms. The lowest BCUT2D eigenvalue weighted by atomic mass is 10.2. The molecule has 0 spiro atoms. The summed E-state index contributed by atoms with van der Waals surface area (Å²) in [4.78, 5) is 21.8. The van der Waals surface area contributed by atoms with Crippen LogP contribution in [0.1, 0.15) is 25.3 Å². The predicted molar refractivity (Wildman–Crippen MR) is 69.0 cm³/mol. The minimum Gasteiger partial charge on any atom is -0.377 e. The second-order valence-electron chi connectivity index (χ2n) is 4.12. The molecule has 0 heterocycles. The van der Waals surface area contributed by atoms with Gasteiger partial charge in [-0.1, -0.05) is 30.3 Å². The van der Waals surface area contributed by atoms with Crippen LogP contribution in [0.4, 0.5) is 0 Å². The number of hydrogen-bond acceptors (Lipinski definition) is 3. The minimum atomic E-state index is -0.217. The number of hydrogen-bond donors (Lipinski definition) is 1. The molecule has 1 aromatic carbocycles. The van der Waals surface area contributed by atoms with Crippen molar-refractivity contribution in [2.24, 2.45) is 0 Å². The van der Waals surface area contributed by atoms with Crippen LogP contribution < -0.4 is 5.32 Å². The number of rotatable bonds is 8. The maximum Gasteiger partial charge on any atom is 0.227 e. The van der Waals surface area contributed by atoms with Gasteiger partial charge in [-0.15, -0.1) is 0 Å². The van der Waals surface area contributed by atoms with E-state index < -0.39 is 0 Å². The van der Waals surface area contributed by atoms with Gasteiger partial charge in [-0.3, -0.25) is 9.59 Å². The van der Waals surface area contributed by atoms with Crippen LogP contribution in [-0.4, -0.2) is 24.8 Å². The first-order valence-corrected chi connectivity index (χ1v) is 6.06. The normalized spacial score (nSPS) is 10.1. The molecule has 1 rings (SSSR count). The average molecular weight is 249 g/mol. The van der Waals surface area contributed by atoms with Crippen LogP contribution in [0.15, 0.2) is 30.3 Å². The van der Waals surface area contributed by atoms with Gasteiger partial charge in [0.2, 0.25) is 5.91 Å². The number of nitrogens with one attached hydrogen (secondary N) is 1. The maximum atomic E-state index is 11.1. The summed E-state index contributed by atoms with van der Waals surface area (Å²) >= 11 is 0. The summed E-state index contributed by atoms with van der Waals surface area (Å²) in [6.45, 7) is 3.13. The Morgan fingerprint density at radius 3 is 2.61 bits per heavy atom. The second kappa shape index (κ2) is 8.42. The van der Waals surface area contributed by atoms with E-state index in [0.29, 0.717) is 19.8 Å². The molecule has 0 bridgehead atoms. The molecular formula is C14H19NO3. The molecule has 1 aromatic rings. The van der Waals surface area contributed by atoms with Crippen molar-refractivity contribution >= 4 is 11.7 Å². The van der Waals surface area contributed by atoms with Crippen LogP contribution in [0.2, 0.25) is 0 Å². The quantitative estimate of drug-likeness (QED) is 0.563. The first-order valence-electron chi connectivity index (χ1n) is 6.06. The zero-order chi connectivity index (χ0) is 13.2. The van der Waals surface area contributed by atoms with Crippen LogP contribution in [0.5, 0.6) is 0 Å². The van der Waals surface area contributed by atoms with Gasteiger partial charge in [-0.05, 0) is 18.9 Å². The smallest absolute Gasteiger partial charge is 0.227 e. The van der Waals surface area contributed by atoms with Crippen molar-refractivity contribution in [3.05, 3.63) is 35.9 Å². The van der Waals surface area contributed by atoms with Crippen LogP contribution >= 0.6 is 0 Å². The number of benzene rings is 1. The third kappa shape index (κ3) is 6.81. The highest BCUT2D eigenvalue weighted by atomic mass is 16.5. The molecule has 0 saturated carbocycles. The molecule has 0 fully saturated rings. The van der Waals surface area contributed by atoms with Gasteiger partial charge in [0.25, 0.3) is 0 Å². The van der Waals surface area contributed by atoms with Gasteiger partial charge in [0.05, 0.1) is 13.0 Å².